The van der Waals surface area contributed by atoms with Gasteiger partial charge in [0.15, 0.2) is 0 Å². The van der Waals surface area contributed by atoms with Crippen molar-refractivity contribution in [2.24, 2.45) is 5.92 Å². The van der Waals surface area contributed by atoms with E-state index in [9.17, 15) is 4.79 Å². The second-order valence-electron chi connectivity index (χ2n) is 8.12. The number of amides is 1. The van der Waals surface area contributed by atoms with E-state index < -0.39 is 0 Å². The maximum Gasteiger partial charge on any atom is 0.226 e. The molecule has 2 aliphatic heterocycles. The van der Waals surface area contributed by atoms with E-state index in [1.165, 1.54) is 5.56 Å². The fourth-order valence-electron chi connectivity index (χ4n) is 4.43. The van der Waals surface area contributed by atoms with Crippen molar-refractivity contribution in [3.05, 3.63) is 35.9 Å². The first-order valence-electron chi connectivity index (χ1n) is 9.73. The minimum absolute atomic E-state index is 0.170. The van der Waals surface area contributed by atoms with Crippen LogP contribution in [0.25, 0.3) is 0 Å². The van der Waals surface area contributed by atoms with Crippen LogP contribution in [0.3, 0.4) is 0 Å². The molecule has 25 heavy (non-hydrogen) atoms. The first kappa shape index (κ1) is 18.4. The first-order chi connectivity index (χ1) is 12.0. The van der Waals surface area contributed by atoms with Crippen LogP contribution in [0.2, 0.25) is 0 Å². The van der Waals surface area contributed by atoms with Gasteiger partial charge in [-0.05, 0) is 58.3 Å². The summed E-state index contributed by atoms with van der Waals surface area (Å²) < 4.78 is 0. The number of benzene rings is 1. The van der Waals surface area contributed by atoms with Crippen molar-refractivity contribution in [3.63, 3.8) is 0 Å². The van der Waals surface area contributed by atoms with E-state index in [0.717, 1.165) is 51.9 Å². The minimum atomic E-state index is 0.170. The molecule has 0 unspecified atom stereocenters. The van der Waals surface area contributed by atoms with Crippen molar-refractivity contribution < 1.29 is 4.79 Å². The second-order valence-corrected chi connectivity index (χ2v) is 8.12. The van der Waals surface area contributed by atoms with Crippen LogP contribution in [-0.4, -0.2) is 74.0 Å². The van der Waals surface area contributed by atoms with Gasteiger partial charge in [-0.3, -0.25) is 4.79 Å². The van der Waals surface area contributed by atoms with Crippen LogP contribution >= 0.6 is 0 Å². The maximum absolute atomic E-state index is 13.1. The Labute approximate surface area is 152 Å². The molecule has 2 saturated heterocycles. The lowest BCUT2D eigenvalue weighted by molar-refractivity contribution is -0.137. The molecule has 0 bridgehead atoms. The van der Waals surface area contributed by atoms with E-state index >= 15 is 0 Å². The number of piperidine rings is 1. The second kappa shape index (κ2) is 8.33. The normalized spacial score (nSPS) is 26.6. The molecule has 2 aliphatic rings. The highest BCUT2D eigenvalue weighted by Gasteiger charge is 2.32. The zero-order chi connectivity index (χ0) is 17.8. The summed E-state index contributed by atoms with van der Waals surface area (Å²) in [6.07, 6.45) is 4.33. The Kier molecular flexibility index (Phi) is 6.13. The van der Waals surface area contributed by atoms with Crippen molar-refractivity contribution in [2.75, 3.05) is 47.3 Å². The van der Waals surface area contributed by atoms with E-state index in [4.69, 9.17) is 0 Å². The van der Waals surface area contributed by atoms with Crippen LogP contribution in [0.15, 0.2) is 30.3 Å². The van der Waals surface area contributed by atoms with Crippen LogP contribution in [0.5, 0.6) is 0 Å². The number of rotatable bonds is 3. The number of hydrogen-bond donors (Lipinski definition) is 0. The fourth-order valence-corrected chi connectivity index (χ4v) is 4.43. The molecule has 2 atom stereocenters. The number of likely N-dealkylation sites (N-methyl/N-ethyl adjacent to an activating group) is 2. The van der Waals surface area contributed by atoms with E-state index in [1.54, 1.807) is 0 Å². The van der Waals surface area contributed by atoms with Gasteiger partial charge in [0.05, 0.1) is 5.92 Å². The Morgan fingerprint density at radius 3 is 2.32 bits per heavy atom. The van der Waals surface area contributed by atoms with Crippen LogP contribution in [0.4, 0.5) is 0 Å². The minimum Gasteiger partial charge on any atom is -0.342 e. The van der Waals surface area contributed by atoms with Gasteiger partial charge in [-0.2, -0.15) is 0 Å². The largest absolute Gasteiger partial charge is 0.342 e. The zero-order valence-corrected chi connectivity index (χ0v) is 16.0. The molecule has 138 valence electrons. The van der Waals surface area contributed by atoms with E-state index in [1.807, 2.05) is 0 Å². The molecular formula is C21H33N3O. The van der Waals surface area contributed by atoms with Gasteiger partial charge < -0.3 is 14.7 Å². The SMILES string of the molecule is CN1C[C@H](C(=O)N2CCC(c3ccccc3)CC2)CC[C@H](N(C)C)C1. The molecule has 0 aromatic heterocycles. The summed E-state index contributed by atoms with van der Waals surface area (Å²) >= 11 is 0. The highest BCUT2D eigenvalue weighted by molar-refractivity contribution is 5.79. The molecule has 0 radical (unpaired) electrons. The Morgan fingerprint density at radius 2 is 1.68 bits per heavy atom. The lowest BCUT2D eigenvalue weighted by Gasteiger charge is -2.34. The molecule has 0 saturated carbocycles. The third kappa shape index (κ3) is 4.62. The van der Waals surface area contributed by atoms with Crippen LogP contribution < -0.4 is 0 Å². The predicted molar refractivity (Wildman–Crippen MR) is 103 cm³/mol. The van der Waals surface area contributed by atoms with Gasteiger partial charge in [-0.1, -0.05) is 30.3 Å². The van der Waals surface area contributed by atoms with Crippen LogP contribution in [0, 0.1) is 5.92 Å². The number of likely N-dealkylation sites (tertiary alicyclic amines) is 2. The molecule has 0 spiro atoms. The van der Waals surface area contributed by atoms with E-state index in [0.29, 0.717) is 17.9 Å². The third-order valence-corrected chi connectivity index (χ3v) is 6.06. The smallest absolute Gasteiger partial charge is 0.226 e. The summed E-state index contributed by atoms with van der Waals surface area (Å²) in [5.74, 6) is 1.17. The Balaban J connectivity index is 1.55. The fraction of sp³-hybridized carbons (Fsp3) is 0.667. The molecule has 3 rings (SSSR count). The summed E-state index contributed by atoms with van der Waals surface area (Å²) in [7, 11) is 6.45. The van der Waals surface area contributed by atoms with Crippen LogP contribution in [-0.2, 0) is 4.79 Å². The van der Waals surface area contributed by atoms with Crippen molar-refractivity contribution in [2.45, 2.75) is 37.6 Å². The van der Waals surface area contributed by atoms with E-state index in [-0.39, 0.29) is 5.92 Å². The standard InChI is InChI=1S/C21H33N3O/c1-22(2)20-10-9-19(15-23(3)16-20)21(25)24-13-11-18(12-14-24)17-7-5-4-6-8-17/h4-8,18-20H,9-16H2,1-3H3/t19-,20+/m1/s1. The Morgan fingerprint density at radius 1 is 1.00 bits per heavy atom. The van der Waals surface area contributed by atoms with Crippen molar-refractivity contribution >= 4 is 5.91 Å². The van der Waals surface area contributed by atoms with Crippen molar-refractivity contribution in [1.82, 2.24) is 14.7 Å². The van der Waals surface area contributed by atoms with Gasteiger partial charge in [0.25, 0.3) is 0 Å². The lowest BCUT2D eigenvalue weighted by Crippen LogP contribution is -2.44. The molecule has 1 amide bonds. The van der Waals surface area contributed by atoms with Gasteiger partial charge in [0.2, 0.25) is 5.91 Å². The number of hydrogen-bond acceptors (Lipinski definition) is 3. The van der Waals surface area contributed by atoms with Crippen molar-refractivity contribution in [3.8, 4) is 0 Å². The number of carbonyl (C=O) groups is 1. The average molecular weight is 344 g/mol. The molecule has 1 aromatic carbocycles. The topological polar surface area (TPSA) is 26.8 Å². The molecular weight excluding hydrogens is 310 g/mol. The molecule has 4 nitrogen and oxygen atoms in total. The van der Waals surface area contributed by atoms with Gasteiger partial charge in [-0.15, -0.1) is 0 Å². The monoisotopic (exact) mass is 343 g/mol. The van der Waals surface area contributed by atoms with E-state index in [2.05, 4.69) is 66.2 Å². The lowest BCUT2D eigenvalue weighted by atomic mass is 9.88. The van der Waals surface area contributed by atoms with Gasteiger partial charge >= 0.3 is 0 Å². The average Bonchev–Trinajstić information content (AvgIpc) is 2.84. The highest BCUT2D eigenvalue weighted by atomic mass is 16.2. The van der Waals surface area contributed by atoms with Gasteiger partial charge in [0, 0.05) is 32.2 Å². The number of carbonyl (C=O) groups excluding carboxylic acids is 1. The van der Waals surface area contributed by atoms with Crippen LogP contribution in [0.1, 0.15) is 37.2 Å². The molecule has 1 aromatic rings. The molecule has 0 aliphatic carbocycles. The van der Waals surface area contributed by atoms with Crippen molar-refractivity contribution in [1.29, 1.82) is 0 Å². The summed E-state index contributed by atoms with van der Waals surface area (Å²) in [5, 5.41) is 0. The molecule has 0 N–H and O–H groups in total. The predicted octanol–water partition coefficient (Wildman–Crippen LogP) is 2.66. The highest BCUT2D eigenvalue weighted by Crippen LogP contribution is 2.29. The Bertz CT molecular complexity index is 552. The van der Waals surface area contributed by atoms with Gasteiger partial charge in [-0.25, -0.2) is 0 Å². The summed E-state index contributed by atoms with van der Waals surface area (Å²) in [6.45, 7) is 3.79. The molecule has 2 fully saturated rings. The first-order valence-corrected chi connectivity index (χ1v) is 9.73. The van der Waals surface area contributed by atoms with Gasteiger partial charge in [0.1, 0.15) is 0 Å². The molecule has 2 heterocycles. The maximum atomic E-state index is 13.1. The zero-order valence-electron chi connectivity index (χ0n) is 16.0. The number of nitrogens with zero attached hydrogens (tertiary/aromatic N) is 3. The Hall–Kier alpha value is -1.39. The third-order valence-electron chi connectivity index (χ3n) is 6.06. The molecule has 4 heteroatoms. The summed E-state index contributed by atoms with van der Waals surface area (Å²) in [6, 6.07) is 11.3. The summed E-state index contributed by atoms with van der Waals surface area (Å²) in [4.78, 5) is 19.8. The summed E-state index contributed by atoms with van der Waals surface area (Å²) in [5.41, 5.74) is 1.43. The quantitative estimate of drug-likeness (QED) is 0.844.